The van der Waals surface area contributed by atoms with Crippen molar-refractivity contribution in [2.45, 2.75) is 40.0 Å². The Hall–Kier alpha value is -2.95. The number of hydrogen-bond donors (Lipinski definition) is 1. The highest BCUT2D eigenvalue weighted by Crippen LogP contribution is 2.36. The number of nitrogens with one attached hydrogen (secondary N) is 1. The molecule has 1 N–H and O–H groups in total. The molecular formula is C26H33N3O2. The van der Waals surface area contributed by atoms with Crippen molar-refractivity contribution in [1.29, 1.82) is 0 Å². The summed E-state index contributed by atoms with van der Waals surface area (Å²) in [6.45, 7) is 11.1. The van der Waals surface area contributed by atoms with E-state index in [4.69, 9.17) is 0 Å². The minimum absolute atomic E-state index is 0.00871. The molecule has 0 spiro atoms. The molecule has 1 aliphatic rings. The lowest BCUT2D eigenvalue weighted by Gasteiger charge is -2.43. The first-order valence-electron chi connectivity index (χ1n) is 10.9. The van der Waals surface area contributed by atoms with Crippen LogP contribution in [0.3, 0.4) is 0 Å². The Balaban J connectivity index is 1.92. The maximum Gasteiger partial charge on any atom is 0.228 e. The Morgan fingerprint density at radius 2 is 2.00 bits per heavy atom. The van der Waals surface area contributed by atoms with Gasteiger partial charge in [0.1, 0.15) is 0 Å². The van der Waals surface area contributed by atoms with Crippen molar-refractivity contribution in [2.24, 2.45) is 10.8 Å². The summed E-state index contributed by atoms with van der Waals surface area (Å²) >= 11 is 0. The largest absolute Gasteiger partial charge is 0.352 e. The number of benzene rings is 1. The average molecular weight is 420 g/mol. The fourth-order valence-corrected chi connectivity index (χ4v) is 4.33. The molecule has 1 fully saturated rings. The van der Waals surface area contributed by atoms with E-state index in [1.807, 2.05) is 50.1 Å². The van der Waals surface area contributed by atoms with Gasteiger partial charge in [0.2, 0.25) is 11.8 Å². The van der Waals surface area contributed by atoms with Crippen LogP contribution in [0.1, 0.15) is 39.2 Å². The summed E-state index contributed by atoms with van der Waals surface area (Å²) in [6.07, 6.45) is 7.44. The van der Waals surface area contributed by atoms with Crippen molar-refractivity contribution >= 4 is 11.8 Å². The average Bonchev–Trinajstić information content (AvgIpc) is 2.77. The van der Waals surface area contributed by atoms with Crippen LogP contribution in [0.5, 0.6) is 0 Å². The fourth-order valence-electron chi connectivity index (χ4n) is 4.33. The molecule has 1 aromatic carbocycles. The fraction of sp³-hybridized carbons (Fsp3) is 0.423. The zero-order valence-electron chi connectivity index (χ0n) is 18.9. The Kier molecular flexibility index (Phi) is 6.94. The SMILES string of the molecule is C=CCNC(=O)C1(Cc2cccc(-c3cccnc3)c2)CCCN(C(=O)C(C)(C)C)C1. The third-order valence-corrected chi connectivity index (χ3v) is 5.86. The third kappa shape index (κ3) is 5.40. The van der Waals surface area contributed by atoms with Crippen LogP contribution in [0.15, 0.2) is 61.4 Å². The summed E-state index contributed by atoms with van der Waals surface area (Å²) in [5.74, 6) is 0.0859. The van der Waals surface area contributed by atoms with Gasteiger partial charge in [-0.3, -0.25) is 14.6 Å². The van der Waals surface area contributed by atoms with Gasteiger partial charge in [-0.05, 0) is 42.0 Å². The van der Waals surface area contributed by atoms with E-state index in [0.29, 0.717) is 26.1 Å². The number of piperidine rings is 1. The van der Waals surface area contributed by atoms with Crippen molar-refractivity contribution in [3.8, 4) is 11.1 Å². The molecule has 2 heterocycles. The molecule has 164 valence electrons. The molecule has 2 amide bonds. The zero-order valence-corrected chi connectivity index (χ0v) is 18.9. The number of likely N-dealkylation sites (tertiary alicyclic amines) is 1. The van der Waals surface area contributed by atoms with E-state index in [1.54, 1.807) is 12.3 Å². The Labute approximate surface area is 185 Å². The predicted molar refractivity (Wildman–Crippen MR) is 124 cm³/mol. The maximum atomic E-state index is 13.3. The van der Waals surface area contributed by atoms with E-state index in [-0.39, 0.29) is 11.8 Å². The third-order valence-electron chi connectivity index (χ3n) is 5.86. The lowest BCUT2D eigenvalue weighted by atomic mass is 9.73. The van der Waals surface area contributed by atoms with E-state index in [1.165, 1.54) is 0 Å². The molecular weight excluding hydrogens is 386 g/mol. The van der Waals surface area contributed by atoms with Gasteiger partial charge in [-0.1, -0.05) is 57.2 Å². The van der Waals surface area contributed by atoms with Crippen molar-refractivity contribution in [3.63, 3.8) is 0 Å². The molecule has 1 saturated heterocycles. The van der Waals surface area contributed by atoms with E-state index < -0.39 is 10.8 Å². The van der Waals surface area contributed by atoms with Crippen LogP contribution in [0, 0.1) is 10.8 Å². The molecule has 2 aromatic rings. The van der Waals surface area contributed by atoms with Gasteiger partial charge in [0.05, 0.1) is 5.41 Å². The number of carbonyl (C=O) groups is 2. The highest BCUT2D eigenvalue weighted by Gasteiger charge is 2.44. The Morgan fingerprint density at radius 3 is 2.68 bits per heavy atom. The highest BCUT2D eigenvalue weighted by molar-refractivity contribution is 5.86. The number of rotatable bonds is 6. The molecule has 0 aliphatic carbocycles. The molecule has 5 nitrogen and oxygen atoms in total. The number of nitrogens with zero attached hydrogens (tertiary/aromatic N) is 2. The van der Waals surface area contributed by atoms with Crippen LogP contribution in [-0.4, -0.2) is 41.3 Å². The molecule has 0 saturated carbocycles. The van der Waals surface area contributed by atoms with Crippen LogP contribution in [0.25, 0.3) is 11.1 Å². The summed E-state index contributed by atoms with van der Waals surface area (Å²) < 4.78 is 0. The number of hydrogen-bond acceptors (Lipinski definition) is 3. The summed E-state index contributed by atoms with van der Waals surface area (Å²) in [6, 6.07) is 12.2. The summed E-state index contributed by atoms with van der Waals surface area (Å²) in [5, 5.41) is 3.00. The summed E-state index contributed by atoms with van der Waals surface area (Å²) in [4.78, 5) is 32.4. The second kappa shape index (κ2) is 9.46. The summed E-state index contributed by atoms with van der Waals surface area (Å²) in [5.41, 5.74) is 2.07. The van der Waals surface area contributed by atoms with Crippen LogP contribution < -0.4 is 5.32 Å². The van der Waals surface area contributed by atoms with Crippen LogP contribution in [0.2, 0.25) is 0 Å². The second-order valence-electron chi connectivity index (χ2n) is 9.48. The standard InChI is InChI=1S/C26H33N3O2/c1-5-13-28-23(30)26(12-8-15-29(19-26)24(31)25(2,3)4)17-20-9-6-10-21(16-20)22-11-7-14-27-18-22/h5-7,9-11,14,16,18H,1,8,12-13,15,17,19H2,2-4H3,(H,28,30). The van der Waals surface area contributed by atoms with E-state index >= 15 is 0 Å². The van der Waals surface area contributed by atoms with Gasteiger partial charge in [0, 0.05) is 37.4 Å². The molecule has 1 unspecified atom stereocenters. The predicted octanol–water partition coefficient (Wildman–Crippen LogP) is 4.25. The van der Waals surface area contributed by atoms with Gasteiger partial charge in [-0.15, -0.1) is 6.58 Å². The normalized spacial score (nSPS) is 19.0. The van der Waals surface area contributed by atoms with Gasteiger partial charge < -0.3 is 10.2 Å². The monoisotopic (exact) mass is 419 g/mol. The topological polar surface area (TPSA) is 62.3 Å². The van der Waals surface area contributed by atoms with Gasteiger partial charge in [0.15, 0.2) is 0 Å². The lowest BCUT2D eigenvalue weighted by molar-refractivity contribution is -0.147. The molecule has 1 aromatic heterocycles. The van der Waals surface area contributed by atoms with Gasteiger partial charge in [-0.2, -0.15) is 0 Å². The van der Waals surface area contributed by atoms with E-state index in [0.717, 1.165) is 29.5 Å². The lowest BCUT2D eigenvalue weighted by Crippen LogP contribution is -2.56. The number of amides is 2. The quantitative estimate of drug-likeness (QED) is 0.712. The molecule has 1 aliphatic heterocycles. The Bertz CT molecular complexity index is 933. The minimum Gasteiger partial charge on any atom is -0.352 e. The summed E-state index contributed by atoms with van der Waals surface area (Å²) in [7, 11) is 0. The van der Waals surface area contributed by atoms with E-state index in [2.05, 4.69) is 35.1 Å². The molecule has 3 rings (SSSR count). The van der Waals surface area contributed by atoms with Gasteiger partial charge >= 0.3 is 0 Å². The molecule has 1 atom stereocenters. The van der Waals surface area contributed by atoms with Crippen molar-refractivity contribution in [3.05, 3.63) is 67.0 Å². The van der Waals surface area contributed by atoms with Crippen molar-refractivity contribution in [2.75, 3.05) is 19.6 Å². The molecule has 5 heteroatoms. The molecule has 0 bridgehead atoms. The van der Waals surface area contributed by atoms with Crippen molar-refractivity contribution in [1.82, 2.24) is 15.2 Å². The van der Waals surface area contributed by atoms with Crippen LogP contribution in [-0.2, 0) is 16.0 Å². The van der Waals surface area contributed by atoms with E-state index in [9.17, 15) is 9.59 Å². The van der Waals surface area contributed by atoms with Crippen LogP contribution in [0.4, 0.5) is 0 Å². The number of aromatic nitrogens is 1. The molecule has 0 radical (unpaired) electrons. The number of pyridine rings is 1. The van der Waals surface area contributed by atoms with Crippen molar-refractivity contribution < 1.29 is 9.59 Å². The van der Waals surface area contributed by atoms with Gasteiger partial charge in [-0.25, -0.2) is 0 Å². The smallest absolute Gasteiger partial charge is 0.228 e. The highest BCUT2D eigenvalue weighted by atomic mass is 16.2. The maximum absolute atomic E-state index is 13.3. The first-order valence-corrected chi connectivity index (χ1v) is 10.9. The van der Waals surface area contributed by atoms with Crippen LogP contribution >= 0.6 is 0 Å². The Morgan fingerprint density at radius 1 is 1.23 bits per heavy atom. The first-order chi connectivity index (χ1) is 14.7. The molecule has 31 heavy (non-hydrogen) atoms. The second-order valence-corrected chi connectivity index (χ2v) is 9.48. The minimum atomic E-state index is -0.657. The van der Waals surface area contributed by atoms with Gasteiger partial charge in [0.25, 0.3) is 0 Å². The first kappa shape index (κ1) is 22.7. The zero-order chi connectivity index (χ0) is 22.5. The number of carbonyl (C=O) groups excluding carboxylic acids is 2.